The number of nitrogens with zero attached hydrogens (tertiary/aromatic N) is 1. The number of anilines is 1. The summed E-state index contributed by atoms with van der Waals surface area (Å²) >= 11 is 0. The summed E-state index contributed by atoms with van der Waals surface area (Å²) < 4.78 is 41.5. The summed E-state index contributed by atoms with van der Waals surface area (Å²) in [6, 6.07) is 11.2. The lowest BCUT2D eigenvalue weighted by atomic mass is 10.2. The quantitative estimate of drug-likeness (QED) is 0.775. The van der Waals surface area contributed by atoms with Gasteiger partial charge < -0.3 is 9.88 Å². The van der Waals surface area contributed by atoms with E-state index in [2.05, 4.69) is 5.32 Å². The summed E-state index contributed by atoms with van der Waals surface area (Å²) in [6.07, 6.45) is 1.28. The second kappa shape index (κ2) is 7.26. The van der Waals surface area contributed by atoms with Gasteiger partial charge in [0.05, 0.1) is 12.1 Å². The van der Waals surface area contributed by atoms with Crippen LogP contribution in [0.3, 0.4) is 0 Å². The van der Waals surface area contributed by atoms with Gasteiger partial charge in [-0.25, -0.2) is 13.2 Å². The van der Waals surface area contributed by atoms with Crippen molar-refractivity contribution in [1.29, 1.82) is 0 Å². The van der Waals surface area contributed by atoms with E-state index in [0.717, 1.165) is 12.1 Å². The fourth-order valence-corrected chi connectivity index (χ4v) is 2.38. The largest absolute Gasteiger partial charge is 0.317 e. The Morgan fingerprint density at radius 3 is 2.23 bits per heavy atom. The van der Waals surface area contributed by atoms with Gasteiger partial charge in [0, 0.05) is 12.3 Å². The molecule has 4 nitrogen and oxygen atoms in total. The fourth-order valence-electron chi connectivity index (χ4n) is 2.38. The maximum atomic E-state index is 13.6. The van der Waals surface area contributed by atoms with E-state index >= 15 is 0 Å². The van der Waals surface area contributed by atoms with Crippen molar-refractivity contribution in [2.45, 2.75) is 6.54 Å². The molecule has 0 aliphatic carbocycles. The first-order valence-corrected chi connectivity index (χ1v) is 7.64. The molecule has 1 N–H and O–H groups in total. The molecule has 1 heterocycles. The third kappa shape index (κ3) is 3.83. The average molecular weight is 358 g/mol. The van der Waals surface area contributed by atoms with Crippen LogP contribution < -0.4 is 10.9 Å². The number of hydrogen-bond acceptors (Lipinski definition) is 2. The van der Waals surface area contributed by atoms with Gasteiger partial charge in [0.2, 0.25) is 0 Å². The maximum Gasteiger partial charge on any atom is 0.257 e. The van der Waals surface area contributed by atoms with E-state index in [1.165, 1.54) is 53.2 Å². The number of carbonyl (C=O) groups excluding carboxylic acids is 1. The standard InChI is InChI=1S/C19H13F3N2O2/c20-14-7-4-12(5-8-14)10-24-11-13(6-9-17(24)25)19(26)23-18-15(21)2-1-3-16(18)22/h1-9,11H,10H2,(H,23,26). The molecule has 0 spiro atoms. The van der Waals surface area contributed by atoms with Gasteiger partial charge in [0.1, 0.15) is 23.1 Å². The molecule has 0 bridgehead atoms. The lowest BCUT2D eigenvalue weighted by Crippen LogP contribution is -2.23. The Bertz CT molecular complexity index is 994. The molecule has 7 heteroatoms. The first-order valence-electron chi connectivity index (χ1n) is 7.64. The molecule has 1 amide bonds. The van der Waals surface area contributed by atoms with Gasteiger partial charge in [0.25, 0.3) is 11.5 Å². The van der Waals surface area contributed by atoms with Gasteiger partial charge in [-0.3, -0.25) is 9.59 Å². The van der Waals surface area contributed by atoms with Gasteiger partial charge in [-0.15, -0.1) is 0 Å². The lowest BCUT2D eigenvalue weighted by molar-refractivity contribution is 0.102. The first kappa shape index (κ1) is 17.5. The van der Waals surface area contributed by atoms with Crippen LogP contribution in [0.25, 0.3) is 0 Å². The van der Waals surface area contributed by atoms with Crippen molar-refractivity contribution in [3.8, 4) is 0 Å². The summed E-state index contributed by atoms with van der Waals surface area (Å²) in [6.45, 7) is 0.119. The van der Waals surface area contributed by atoms with Crippen LogP contribution >= 0.6 is 0 Å². The van der Waals surface area contributed by atoms with Gasteiger partial charge in [-0.2, -0.15) is 0 Å². The molecule has 0 atom stereocenters. The molecule has 0 unspecified atom stereocenters. The summed E-state index contributed by atoms with van der Waals surface area (Å²) in [5.74, 6) is -2.97. The molecule has 3 rings (SSSR count). The minimum atomic E-state index is -0.905. The zero-order valence-electron chi connectivity index (χ0n) is 13.4. The van der Waals surface area contributed by atoms with Crippen LogP contribution in [0, 0.1) is 17.5 Å². The van der Waals surface area contributed by atoms with E-state index in [4.69, 9.17) is 0 Å². The molecule has 3 aromatic rings. The molecule has 2 aromatic carbocycles. The van der Waals surface area contributed by atoms with E-state index < -0.39 is 29.0 Å². The van der Waals surface area contributed by atoms with Crippen LogP contribution in [0.4, 0.5) is 18.9 Å². The molecule has 0 saturated carbocycles. The highest BCUT2D eigenvalue weighted by Gasteiger charge is 2.14. The smallest absolute Gasteiger partial charge is 0.257 e. The molecular weight excluding hydrogens is 345 g/mol. The van der Waals surface area contributed by atoms with E-state index in [1.807, 2.05) is 0 Å². The Morgan fingerprint density at radius 1 is 0.923 bits per heavy atom. The minimum absolute atomic E-state index is 0.0503. The predicted molar refractivity (Wildman–Crippen MR) is 90.5 cm³/mol. The number of halogens is 3. The van der Waals surface area contributed by atoms with Crippen LogP contribution in [0.15, 0.2) is 65.6 Å². The third-order valence-corrected chi connectivity index (χ3v) is 3.71. The number of hydrogen-bond donors (Lipinski definition) is 1. The number of pyridine rings is 1. The van der Waals surface area contributed by atoms with Crippen molar-refractivity contribution in [3.63, 3.8) is 0 Å². The Balaban J connectivity index is 1.85. The van der Waals surface area contributed by atoms with E-state index in [-0.39, 0.29) is 17.7 Å². The highest BCUT2D eigenvalue weighted by atomic mass is 19.1. The maximum absolute atomic E-state index is 13.6. The number of amides is 1. The number of carbonyl (C=O) groups is 1. The van der Waals surface area contributed by atoms with Crippen molar-refractivity contribution in [2.75, 3.05) is 5.32 Å². The van der Waals surface area contributed by atoms with E-state index in [9.17, 15) is 22.8 Å². The van der Waals surface area contributed by atoms with Gasteiger partial charge in [-0.1, -0.05) is 18.2 Å². The molecule has 0 radical (unpaired) electrons. The van der Waals surface area contributed by atoms with Crippen LogP contribution in [0.2, 0.25) is 0 Å². The van der Waals surface area contributed by atoms with Crippen LogP contribution in [-0.4, -0.2) is 10.5 Å². The van der Waals surface area contributed by atoms with Crippen molar-refractivity contribution in [1.82, 2.24) is 4.57 Å². The van der Waals surface area contributed by atoms with Crippen LogP contribution in [0.5, 0.6) is 0 Å². The second-order valence-corrected chi connectivity index (χ2v) is 5.56. The topological polar surface area (TPSA) is 51.1 Å². The summed E-state index contributed by atoms with van der Waals surface area (Å²) in [5.41, 5.74) is -0.225. The SMILES string of the molecule is O=C(Nc1c(F)cccc1F)c1ccc(=O)n(Cc2ccc(F)cc2)c1. The summed E-state index contributed by atoms with van der Waals surface area (Å²) in [4.78, 5) is 24.2. The monoisotopic (exact) mass is 358 g/mol. The number of benzene rings is 2. The highest BCUT2D eigenvalue weighted by Crippen LogP contribution is 2.18. The summed E-state index contributed by atoms with van der Waals surface area (Å²) in [7, 11) is 0. The van der Waals surface area contributed by atoms with Gasteiger partial charge >= 0.3 is 0 Å². The molecule has 0 fully saturated rings. The molecule has 26 heavy (non-hydrogen) atoms. The molecule has 132 valence electrons. The Hall–Kier alpha value is -3.35. The third-order valence-electron chi connectivity index (χ3n) is 3.71. The number of rotatable bonds is 4. The summed E-state index contributed by atoms with van der Waals surface area (Å²) in [5, 5.41) is 2.16. The predicted octanol–water partition coefficient (Wildman–Crippen LogP) is 3.57. The molecule has 1 aromatic heterocycles. The van der Waals surface area contributed by atoms with Crippen molar-refractivity contribution < 1.29 is 18.0 Å². The number of nitrogens with one attached hydrogen (secondary N) is 1. The Kier molecular flexibility index (Phi) is 4.88. The minimum Gasteiger partial charge on any atom is -0.317 e. The van der Waals surface area contributed by atoms with Crippen molar-refractivity contribution in [2.24, 2.45) is 0 Å². The van der Waals surface area contributed by atoms with Crippen molar-refractivity contribution >= 4 is 11.6 Å². The molecular formula is C19H13F3N2O2. The Morgan fingerprint density at radius 2 is 1.58 bits per heavy atom. The van der Waals surface area contributed by atoms with Gasteiger partial charge in [-0.05, 0) is 35.9 Å². The van der Waals surface area contributed by atoms with Crippen LogP contribution in [0.1, 0.15) is 15.9 Å². The van der Waals surface area contributed by atoms with Crippen molar-refractivity contribution in [3.05, 3.63) is 99.7 Å². The normalized spacial score (nSPS) is 10.6. The van der Waals surface area contributed by atoms with Gasteiger partial charge in [0.15, 0.2) is 0 Å². The lowest BCUT2D eigenvalue weighted by Gasteiger charge is -2.10. The fraction of sp³-hybridized carbons (Fsp3) is 0.0526. The zero-order chi connectivity index (χ0) is 18.7. The second-order valence-electron chi connectivity index (χ2n) is 5.56. The first-order chi connectivity index (χ1) is 12.4. The number of aromatic nitrogens is 1. The highest BCUT2D eigenvalue weighted by molar-refractivity contribution is 6.04. The molecule has 0 aliphatic heterocycles. The van der Waals surface area contributed by atoms with E-state index in [1.54, 1.807) is 0 Å². The molecule has 0 aliphatic rings. The molecule has 0 saturated heterocycles. The zero-order valence-corrected chi connectivity index (χ0v) is 13.4. The van der Waals surface area contributed by atoms with Crippen LogP contribution in [-0.2, 0) is 6.54 Å². The Labute approximate surface area is 146 Å². The van der Waals surface area contributed by atoms with E-state index in [0.29, 0.717) is 5.56 Å². The average Bonchev–Trinajstić information content (AvgIpc) is 2.62. The number of para-hydroxylation sites is 1.